The zero-order valence-electron chi connectivity index (χ0n) is 15.8. The third-order valence-electron chi connectivity index (χ3n) is 4.24. The zero-order chi connectivity index (χ0) is 19.7. The molecule has 1 aliphatic rings. The number of rotatable bonds is 5. The van der Waals surface area contributed by atoms with Crippen LogP contribution in [-0.4, -0.2) is 37.1 Å². The first kappa shape index (κ1) is 19.6. The van der Waals surface area contributed by atoms with E-state index in [9.17, 15) is 9.59 Å². The van der Waals surface area contributed by atoms with Gasteiger partial charge in [-0.05, 0) is 44.9 Å². The van der Waals surface area contributed by atoms with Crippen LogP contribution in [0.25, 0.3) is 11.7 Å². The molecular weight excluding hydrogens is 380 g/mol. The van der Waals surface area contributed by atoms with Crippen LogP contribution >= 0.6 is 24.0 Å². The number of thioether (sulfide) groups is 1. The molecule has 1 amide bonds. The summed E-state index contributed by atoms with van der Waals surface area (Å²) in [7, 11) is 0. The molecule has 2 aromatic rings. The lowest BCUT2D eigenvalue weighted by molar-refractivity contribution is -0.123. The van der Waals surface area contributed by atoms with E-state index in [1.54, 1.807) is 17.2 Å². The maximum Gasteiger partial charge on any atom is 0.267 e. The van der Waals surface area contributed by atoms with Gasteiger partial charge in [0.05, 0.1) is 10.5 Å². The molecule has 2 aromatic heterocycles. The summed E-state index contributed by atoms with van der Waals surface area (Å²) in [5.74, 6) is 0.321. The summed E-state index contributed by atoms with van der Waals surface area (Å²) in [5.41, 5.74) is 1.67. The second-order valence-corrected chi connectivity index (χ2v) is 8.31. The molecule has 3 heterocycles. The van der Waals surface area contributed by atoms with Crippen LogP contribution < -0.4 is 10.9 Å². The van der Waals surface area contributed by atoms with E-state index >= 15 is 0 Å². The third-order valence-corrected chi connectivity index (χ3v) is 5.57. The van der Waals surface area contributed by atoms with Crippen molar-refractivity contribution in [2.24, 2.45) is 0 Å². The molecule has 0 bridgehead atoms. The molecule has 0 aliphatic carbocycles. The Bertz CT molecular complexity index is 1010. The molecule has 0 radical (unpaired) electrons. The largest absolute Gasteiger partial charge is 0.369 e. The molecule has 1 fully saturated rings. The predicted molar refractivity (Wildman–Crippen MR) is 115 cm³/mol. The highest BCUT2D eigenvalue weighted by Gasteiger charge is 2.34. The Morgan fingerprint density at radius 1 is 1.37 bits per heavy atom. The first-order valence-corrected chi connectivity index (χ1v) is 10.1. The standard InChI is InChI=1S/C19H22N4O2S2/c1-5-8-20-15-13(10-14-18(25)23(11(2)3)19(26)27-14)17(24)22-9-6-7-12(4)16(22)21-15/h6-7,9-11,20H,5,8H2,1-4H3/b14-10-. The van der Waals surface area contributed by atoms with Crippen molar-refractivity contribution in [3.63, 3.8) is 0 Å². The third kappa shape index (κ3) is 3.64. The Kier molecular flexibility index (Phi) is 5.67. The smallest absolute Gasteiger partial charge is 0.267 e. The maximum atomic E-state index is 13.1. The molecule has 1 N–H and O–H groups in total. The van der Waals surface area contributed by atoms with E-state index in [2.05, 4.69) is 10.3 Å². The minimum Gasteiger partial charge on any atom is -0.369 e. The molecule has 0 spiro atoms. The highest BCUT2D eigenvalue weighted by molar-refractivity contribution is 8.26. The number of aryl methyl sites for hydroxylation is 1. The van der Waals surface area contributed by atoms with Gasteiger partial charge in [-0.15, -0.1) is 0 Å². The van der Waals surface area contributed by atoms with Crippen molar-refractivity contribution >= 4 is 51.7 Å². The average molecular weight is 403 g/mol. The Balaban J connectivity index is 2.18. The van der Waals surface area contributed by atoms with Gasteiger partial charge in [0.2, 0.25) is 0 Å². The molecule has 0 saturated carbocycles. The summed E-state index contributed by atoms with van der Waals surface area (Å²) in [4.78, 5) is 32.5. The molecule has 3 rings (SSSR count). The number of hydrogen-bond donors (Lipinski definition) is 1. The Morgan fingerprint density at radius 3 is 2.74 bits per heavy atom. The molecule has 1 saturated heterocycles. The monoisotopic (exact) mass is 402 g/mol. The number of carbonyl (C=O) groups is 1. The van der Waals surface area contributed by atoms with Crippen LogP contribution in [0.15, 0.2) is 28.0 Å². The summed E-state index contributed by atoms with van der Waals surface area (Å²) in [6.07, 6.45) is 4.20. The molecule has 0 unspecified atom stereocenters. The van der Waals surface area contributed by atoms with Crippen LogP contribution in [0.1, 0.15) is 38.3 Å². The fraction of sp³-hybridized carbons (Fsp3) is 0.368. The maximum absolute atomic E-state index is 13.1. The van der Waals surface area contributed by atoms with Gasteiger partial charge in [0.1, 0.15) is 15.8 Å². The number of aromatic nitrogens is 2. The van der Waals surface area contributed by atoms with Crippen molar-refractivity contribution in [2.45, 2.75) is 40.2 Å². The van der Waals surface area contributed by atoms with Gasteiger partial charge in [-0.3, -0.25) is 18.9 Å². The molecule has 0 aromatic carbocycles. The van der Waals surface area contributed by atoms with Crippen LogP contribution in [0.5, 0.6) is 0 Å². The van der Waals surface area contributed by atoms with Gasteiger partial charge in [0, 0.05) is 18.8 Å². The van der Waals surface area contributed by atoms with E-state index in [1.165, 1.54) is 16.2 Å². The van der Waals surface area contributed by atoms with E-state index in [0.29, 0.717) is 32.8 Å². The number of amides is 1. The van der Waals surface area contributed by atoms with Crippen molar-refractivity contribution in [1.82, 2.24) is 14.3 Å². The first-order chi connectivity index (χ1) is 12.8. The lowest BCUT2D eigenvalue weighted by Crippen LogP contribution is -2.34. The lowest BCUT2D eigenvalue weighted by atomic mass is 10.2. The molecule has 8 heteroatoms. The van der Waals surface area contributed by atoms with Crippen LogP contribution in [0.2, 0.25) is 0 Å². The van der Waals surface area contributed by atoms with E-state index in [0.717, 1.165) is 12.0 Å². The van der Waals surface area contributed by atoms with E-state index in [4.69, 9.17) is 12.2 Å². The highest BCUT2D eigenvalue weighted by Crippen LogP contribution is 2.34. The number of hydrogen-bond acceptors (Lipinski definition) is 6. The van der Waals surface area contributed by atoms with Crippen LogP contribution in [0.4, 0.5) is 5.82 Å². The van der Waals surface area contributed by atoms with Crippen molar-refractivity contribution < 1.29 is 4.79 Å². The van der Waals surface area contributed by atoms with Crippen molar-refractivity contribution in [3.8, 4) is 0 Å². The van der Waals surface area contributed by atoms with Crippen LogP contribution in [-0.2, 0) is 4.79 Å². The number of thiocarbonyl (C=S) groups is 1. The van der Waals surface area contributed by atoms with E-state index in [-0.39, 0.29) is 17.5 Å². The Hall–Kier alpha value is -2.19. The summed E-state index contributed by atoms with van der Waals surface area (Å²) in [6, 6.07) is 3.70. The van der Waals surface area contributed by atoms with Gasteiger partial charge >= 0.3 is 0 Å². The molecule has 27 heavy (non-hydrogen) atoms. The second kappa shape index (κ2) is 7.82. The lowest BCUT2D eigenvalue weighted by Gasteiger charge is -2.18. The molecule has 6 nitrogen and oxygen atoms in total. The Labute approximate surface area is 167 Å². The first-order valence-electron chi connectivity index (χ1n) is 8.88. The van der Waals surface area contributed by atoms with Crippen molar-refractivity contribution in [1.29, 1.82) is 0 Å². The normalized spacial score (nSPS) is 16.2. The molecule has 142 valence electrons. The summed E-state index contributed by atoms with van der Waals surface area (Å²) in [5, 5.41) is 3.22. The van der Waals surface area contributed by atoms with E-state index in [1.807, 2.05) is 39.8 Å². The van der Waals surface area contributed by atoms with Crippen LogP contribution in [0.3, 0.4) is 0 Å². The minimum absolute atomic E-state index is 0.0282. The minimum atomic E-state index is -0.211. The van der Waals surface area contributed by atoms with Gasteiger partial charge in [-0.25, -0.2) is 4.98 Å². The Morgan fingerprint density at radius 2 is 2.11 bits per heavy atom. The highest BCUT2D eigenvalue weighted by atomic mass is 32.2. The summed E-state index contributed by atoms with van der Waals surface area (Å²) >= 11 is 6.55. The van der Waals surface area contributed by atoms with Crippen LogP contribution in [0, 0.1) is 6.92 Å². The summed E-state index contributed by atoms with van der Waals surface area (Å²) < 4.78 is 2.02. The quantitative estimate of drug-likeness (QED) is 0.610. The number of anilines is 1. The van der Waals surface area contributed by atoms with Crippen molar-refractivity contribution in [2.75, 3.05) is 11.9 Å². The fourth-order valence-corrected chi connectivity index (χ4v) is 4.38. The number of carbonyl (C=O) groups excluding carboxylic acids is 1. The SMILES string of the molecule is CCCNc1nc2c(C)cccn2c(=O)c1/C=C1\SC(=S)N(C(C)C)C1=O. The number of pyridine rings is 1. The summed E-state index contributed by atoms with van der Waals surface area (Å²) in [6.45, 7) is 8.47. The fourth-order valence-electron chi connectivity index (χ4n) is 2.88. The van der Waals surface area contributed by atoms with Gasteiger partial charge in [0.25, 0.3) is 11.5 Å². The zero-order valence-corrected chi connectivity index (χ0v) is 17.4. The van der Waals surface area contributed by atoms with Gasteiger partial charge < -0.3 is 5.32 Å². The van der Waals surface area contributed by atoms with E-state index < -0.39 is 0 Å². The molecule has 0 atom stereocenters. The topological polar surface area (TPSA) is 66.7 Å². The van der Waals surface area contributed by atoms with Gasteiger partial charge in [0.15, 0.2) is 0 Å². The average Bonchev–Trinajstić information content (AvgIpc) is 2.90. The second-order valence-electron chi connectivity index (χ2n) is 6.64. The number of nitrogens with one attached hydrogen (secondary N) is 1. The number of fused-ring (bicyclic) bond motifs is 1. The van der Waals surface area contributed by atoms with Gasteiger partial charge in [-0.2, -0.15) is 0 Å². The predicted octanol–water partition coefficient (Wildman–Crippen LogP) is 3.43. The molecular formula is C19H22N4O2S2. The molecule has 1 aliphatic heterocycles. The van der Waals surface area contributed by atoms with Gasteiger partial charge in [-0.1, -0.05) is 37.0 Å². The number of nitrogens with zero attached hydrogens (tertiary/aromatic N) is 3. The van der Waals surface area contributed by atoms with Crippen molar-refractivity contribution in [3.05, 3.63) is 44.7 Å².